The van der Waals surface area contributed by atoms with Crippen LogP contribution in [0.25, 0.3) is 0 Å². The van der Waals surface area contributed by atoms with Gasteiger partial charge in [0.15, 0.2) is 0 Å². The average molecular weight is 283 g/mol. The lowest BCUT2D eigenvalue weighted by atomic mass is 10.2. The Morgan fingerprint density at radius 2 is 2.18 bits per heavy atom. The molecular formula is C8H5ClF2N2O3S. The van der Waals surface area contributed by atoms with Gasteiger partial charge in [0.1, 0.15) is 16.7 Å². The third-order valence-corrected chi connectivity index (χ3v) is 3.08. The van der Waals surface area contributed by atoms with Crippen LogP contribution < -0.4 is 4.74 Å². The smallest absolute Gasteiger partial charge is 0.281 e. The van der Waals surface area contributed by atoms with Crippen molar-refractivity contribution in [2.75, 3.05) is 7.11 Å². The van der Waals surface area contributed by atoms with E-state index in [4.69, 9.17) is 15.9 Å². The number of nitrogens with zero attached hydrogens (tertiary/aromatic N) is 2. The van der Waals surface area contributed by atoms with Gasteiger partial charge in [0.2, 0.25) is 5.88 Å². The molecule has 0 radical (unpaired) electrons. The summed E-state index contributed by atoms with van der Waals surface area (Å²) in [4.78, 5) is 2.65. The lowest BCUT2D eigenvalue weighted by molar-refractivity contribution is 0.144. The van der Waals surface area contributed by atoms with E-state index >= 15 is 0 Å². The zero-order chi connectivity index (χ0) is 13.2. The van der Waals surface area contributed by atoms with Gasteiger partial charge in [0, 0.05) is 10.7 Å². The summed E-state index contributed by atoms with van der Waals surface area (Å²) in [6.45, 7) is 0. The summed E-state index contributed by atoms with van der Waals surface area (Å²) >= 11 is 0. The Hall–Kier alpha value is -1.46. The van der Waals surface area contributed by atoms with Crippen molar-refractivity contribution in [1.29, 1.82) is 5.26 Å². The third kappa shape index (κ3) is 2.81. The number of aromatic nitrogens is 1. The molecule has 0 saturated carbocycles. The van der Waals surface area contributed by atoms with E-state index in [1.807, 2.05) is 0 Å². The maximum absolute atomic E-state index is 12.5. The third-order valence-electron chi connectivity index (χ3n) is 1.77. The van der Waals surface area contributed by atoms with Crippen LogP contribution in [0.3, 0.4) is 0 Å². The molecular weight excluding hydrogens is 278 g/mol. The zero-order valence-electron chi connectivity index (χ0n) is 8.32. The molecule has 0 atom stereocenters. The summed E-state index contributed by atoms with van der Waals surface area (Å²) in [6.07, 6.45) is -3.02. The molecule has 5 nitrogen and oxygen atoms in total. The van der Waals surface area contributed by atoms with Crippen LogP contribution in [0.4, 0.5) is 8.78 Å². The van der Waals surface area contributed by atoms with Crippen molar-refractivity contribution in [3.05, 3.63) is 17.3 Å². The molecule has 0 N–H and O–H groups in total. The maximum atomic E-state index is 12.5. The van der Waals surface area contributed by atoms with Crippen LogP contribution in [-0.4, -0.2) is 20.5 Å². The molecule has 1 aromatic rings. The number of rotatable bonds is 3. The lowest BCUT2D eigenvalue weighted by Crippen LogP contribution is -2.04. The van der Waals surface area contributed by atoms with E-state index in [1.54, 1.807) is 0 Å². The fraction of sp³-hybridized carbons (Fsp3) is 0.250. The normalized spacial score (nSPS) is 11.3. The number of hydrogen-bond donors (Lipinski definition) is 0. The van der Waals surface area contributed by atoms with Crippen LogP contribution in [0.15, 0.2) is 11.0 Å². The number of halogens is 3. The second-order valence-corrected chi connectivity index (χ2v) is 5.31. The highest BCUT2D eigenvalue weighted by Gasteiger charge is 2.24. The molecule has 17 heavy (non-hydrogen) atoms. The maximum Gasteiger partial charge on any atom is 0.281 e. The molecule has 1 heterocycles. The summed E-state index contributed by atoms with van der Waals surface area (Å²) in [7, 11) is 1.88. The van der Waals surface area contributed by atoms with E-state index in [0.29, 0.717) is 6.07 Å². The van der Waals surface area contributed by atoms with Crippen LogP contribution in [0.5, 0.6) is 5.88 Å². The fourth-order valence-electron chi connectivity index (χ4n) is 1.07. The van der Waals surface area contributed by atoms with Gasteiger partial charge in [-0.3, -0.25) is 0 Å². The molecule has 9 heteroatoms. The fourth-order valence-corrected chi connectivity index (χ4v) is 2.00. The van der Waals surface area contributed by atoms with E-state index in [-0.39, 0.29) is 0 Å². The van der Waals surface area contributed by atoms with Gasteiger partial charge in [-0.15, -0.1) is 0 Å². The highest BCUT2D eigenvalue weighted by molar-refractivity contribution is 8.13. The molecule has 0 bridgehead atoms. The molecule has 0 spiro atoms. The number of pyridine rings is 1. The van der Waals surface area contributed by atoms with Gasteiger partial charge in [0.05, 0.1) is 12.7 Å². The Morgan fingerprint density at radius 3 is 2.53 bits per heavy atom. The standard InChI is InChI=1S/C8H5ClF2N2O3S/c1-16-8-5(17(9,14)15)2-4(3-12)6(13-8)7(10)11/h2,7H,1H3. The first-order valence-corrected chi connectivity index (χ1v) is 6.34. The molecule has 0 aliphatic carbocycles. The van der Waals surface area contributed by atoms with Crippen molar-refractivity contribution in [3.8, 4) is 11.9 Å². The summed E-state index contributed by atoms with van der Waals surface area (Å²) in [5.41, 5.74) is -1.42. The van der Waals surface area contributed by atoms with Gasteiger partial charge in [0.25, 0.3) is 15.5 Å². The topological polar surface area (TPSA) is 80.0 Å². The van der Waals surface area contributed by atoms with Crippen LogP contribution in [0.2, 0.25) is 0 Å². The van der Waals surface area contributed by atoms with E-state index < -0.39 is 37.5 Å². The SMILES string of the molecule is COc1nc(C(F)F)c(C#N)cc1S(=O)(=O)Cl. The van der Waals surface area contributed by atoms with E-state index in [9.17, 15) is 17.2 Å². The monoisotopic (exact) mass is 282 g/mol. The van der Waals surface area contributed by atoms with E-state index in [1.165, 1.54) is 6.07 Å². The Bertz CT molecular complexity index is 583. The molecule has 92 valence electrons. The van der Waals surface area contributed by atoms with Gasteiger partial charge in [-0.25, -0.2) is 22.2 Å². The van der Waals surface area contributed by atoms with Crippen molar-refractivity contribution in [1.82, 2.24) is 4.98 Å². The van der Waals surface area contributed by atoms with Crippen LogP contribution in [-0.2, 0) is 9.05 Å². The van der Waals surface area contributed by atoms with Crippen LogP contribution in [0.1, 0.15) is 17.7 Å². The van der Waals surface area contributed by atoms with Crippen LogP contribution in [0, 0.1) is 11.3 Å². The Morgan fingerprint density at radius 1 is 1.59 bits per heavy atom. The first-order valence-electron chi connectivity index (χ1n) is 4.03. The molecule has 0 fully saturated rings. The summed E-state index contributed by atoms with van der Waals surface area (Å²) < 4.78 is 51.8. The van der Waals surface area contributed by atoms with Crippen molar-refractivity contribution in [2.45, 2.75) is 11.3 Å². The summed E-state index contributed by atoms with van der Waals surface area (Å²) in [5, 5.41) is 8.62. The van der Waals surface area contributed by atoms with Crippen molar-refractivity contribution in [3.63, 3.8) is 0 Å². The molecule has 0 aliphatic rings. The zero-order valence-corrected chi connectivity index (χ0v) is 9.89. The molecule has 1 rings (SSSR count). The molecule has 0 aromatic carbocycles. The predicted molar refractivity (Wildman–Crippen MR) is 53.5 cm³/mol. The number of nitriles is 1. The van der Waals surface area contributed by atoms with Gasteiger partial charge in [-0.1, -0.05) is 0 Å². The number of alkyl halides is 2. The van der Waals surface area contributed by atoms with Crippen LogP contribution >= 0.6 is 10.7 Å². The van der Waals surface area contributed by atoms with E-state index in [0.717, 1.165) is 7.11 Å². The lowest BCUT2D eigenvalue weighted by Gasteiger charge is -2.08. The highest BCUT2D eigenvalue weighted by Crippen LogP contribution is 2.30. The molecule has 0 saturated heterocycles. The van der Waals surface area contributed by atoms with Gasteiger partial charge >= 0.3 is 0 Å². The molecule has 0 unspecified atom stereocenters. The number of methoxy groups -OCH3 is 1. The Kier molecular flexibility index (Phi) is 3.85. The Labute approximate surface area is 100 Å². The van der Waals surface area contributed by atoms with Gasteiger partial charge in [-0.05, 0) is 6.07 Å². The summed E-state index contributed by atoms with van der Waals surface area (Å²) in [6, 6.07) is 2.12. The van der Waals surface area contributed by atoms with Crippen molar-refractivity contribution < 1.29 is 21.9 Å². The molecule has 0 amide bonds. The van der Waals surface area contributed by atoms with Crippen molar-refractivity contribution in [2.24, 2.45) is 0 Å². The minimum atomic E-state index is -4.23. The molecule has 1 aromatic heterocycles. The largest absolute Gasteiger partial charge is 0.480 e. The second kappa shape index (κ2) is 4.81. The van der Waals surface area contributed by atoms with Gasteiger partial charge < -0.3 is 4.74 Å². The molecule has 0 aliphatic heterocycles. The van der Waals surface area contributed by atoms with Crippen molar-refractivity contribution >= 4 is 19.7 Å². The van der Waals surface area contributed by atoms with E-state index in [2.05, 4.69) is 9.72 Å². The minimum absolute atomic E-state index is 0.569. The quantitative estimate of drug-likeness (QED) is 0.790. The first kappa shape index (κ1) is 13.6. The Balaban J connectivity index is 3.62. The summed E-state index contributed by atoms with van der Waals surface area (Å²) in [5.74, 6) is -0.575. The second-order valence-electron chi connectivity index (χ2n) is 2.78. The number of ether oxygens (including phenoxy) is 1. The first-order chi connectivity index (χ1) is 7.81. The number of hydrogen-bond acceptors (Lipinski definition) is 5. The minimum Gasteiger partial charge on any atom is -0.480 e. The van der Waals surface area contributed by atoms with Gasteiger partial charge in [-0.2, -0.15) is 5.26 Å². The highest BCUT2D eigenvalue weighted by atomic mass is 35.7. The predicted octanol–water partition coefficient (Wildman–Crippen LogP) is 1.83. The average Bonchev–Trinajstić information content (AvgIpc) is 2.25.